The molecular weight excluding hydrogens is 204 g/mol. The molecule has 76 valence electrons. The van der Waals surface area contributed by atoms with Crippen LogP contribution in [0.25, 0.3) is 11.3 Å². The highest BCUT2D eigenvalue weighted by atomic mass is 32.1. The van der Waals surface area contributed by atoms with Crippen molar-refractivity contribution in [2.75, 3.05) is 0 Å². The van der Waals surface area contributed by atoms with E-state index in [9.17, 15) is 0 Å². The number of nitrogens with one attached hydrogen (secondary N) is 1. The number of aromatic nitrogens is 2. The molecule has 15 heavy (non-hydrogen) atoms. The first-order valence-corrected chi connectivity index (χ1v) is 5.35. The molecule has 0 aliphatic heterocycles. The summed E-state index contributed by atoms with van der Waals surface area (Å²) < 4.78 is 0.682. The Morgan fingerprint density at radius 1 is 1.27 bits per heavy atom. The number of hydrogen-bond donors (Lipinski definition) is 1. The summed E-state index contributed by atoms with van der Waals surface area (Å²) in [6.45, 7) is 2.14. The summed E-state index contributed by atoms with van der Waals surface area (Å²) in [5.41, 5.74) is 3.23. The van der Waals surface area contributed by atoms with Crippen LogP contribution in [0.15, 0.2) is 36.7 Å². The maximum Gasteiger partial charge on any atom is 0.129 e. The molecule has 2 aromatic rings. The van der Waals surface area contributed by atoms with E-state index >= 15 is 0 Å². The number of rotatable bonds is 2. The summed E-state index contributed by atoms with van der Waals surface area (Å²) in [5, 5.41) is 0. The van der Waals surface area contributed by atoms with Gasteiger partial charge in [-0.2, -0.15) is 0 Å². The smallest absolute Gasteiger partial charge is 0.129 e. The number of benzene rings is 1. The minimum atomic E-state index is 0.682. The lowest BCUT2D eigenvalue weighted by Crippen LogP contribution is -1.87. The third kappa shape index (κ3) is 2.13. The first-order chi connectivity index (χ1) is 7.31. The summed E-state index contributed by atoms with van der Waals surface area (Å²) in [5.74, 6) is 0. The van der Waals surface area contributed by atoms with Gasteiger partial charge >= 0.3 is 0 Å². The molecule has 0 aliphatic rings. The summed E-state index contributed by atoms with van der Waals surface area (Å²) in [4.78, 5) is 7.25. The molecular formula is C12H12N2S. The highest BCUT2D eigenvalue weighted by Gasteiger charge is 2.00. The monoisotopic (exact) mass is 216 g/mol. The van der Waals surface area contributed by atoms with Crippen molar-refractivity contribution in [3.63, 3.8) is 0 Å². The van der Waals surface area contributed by atoms with Crippen LogP contribution in [0.1, 0.15) is 12.5 Å². The molecule has 0 saturated carbocycles. The van der Waals surface area contributed by atoms with Crippen LogP contribution in [-0.2, 0) is 6.42 Å². The predicted molar refractivity (Wildman–Crippen MR) is 64.2 cm³/mol. The molecule has 0 unspecified atom stereocenters. The van der Waals surface area contributed by atoms with Crippen LogP contribution < -0.4 is 0 Å². The molecule has 2 nitrogen and oxygen atoms in total. The van der Waals surface area contributed by atoms with Crippen molar-refractivity contribution in [2.45, 2.75) is 13.3 Å². The number of H-pyrrole nitrogens is 1. The van der Waals surface area contributed by atoms with E-state index in [2.05, 4.69) is 41.2 Å². The van der Waals surface area contributed by atoms with Gasteiger partial charge in [0.15, 0.2) is 0 Å². The minimum absolute atomic E-state index is 0.682. The van der Waals surface area contributed by atoms with Gasteiger partial charge in [0.2, 0.25) is 0 Å². The third-order valence-corrected chi connectivity index (χ3v) is 2.65. The van der Waals surface area contributed by atoms with Gasteiger partial charge in [-0.05, 0) is 12.0 Å². The van der Waals surface area contributed by atoms with E-state index in [4.69, 9.17) is 12.2 Å². The first-order valence-electron chi connectivity index (χ1n) is 4.94. The zero-order valence-electron chi connectivity index (χ0n) is 8.53. The zero-order valence-corrected chi connectivity index (χ0v) is 9.34. The number of hydrogen-bond acceptors (Lipinski definition) is 2. The molecule has 1 aromatic carbocycles. The van der Waals surface area contributed by atoms with Gasteiger partial charge in [0.25, 0.3) is 0 Å². The van der Waals surface area contributed by atoms with Gasteiger partial charge in [-0.15, -0.1) is 0 Å². The SMILES string of the molecule is CCc1ccc(-c2ncc[nH]c2=S)cc1. The van der Waals surface area contributed by atoms with Crippen molar-refractivity contribution >= 4 is 12.2 Å². The fourth-order valence-electron chi connectivity index (χ4n) is 1.46. The van der Waals surface area contributed by atoms with Crippen LogP contribution in [0.4, 0.5) is 0 Å². The topological polar surface area (TPSA) is 28.7 Å². The van der Waals surface area contributed by atoms with E-state index in [1.54, 1.807) is 12.4 Å². The van der Waals surface area contributed by atoms with Crippen molar-refractivity contribution in [3.8, 4) is 11.3 Å². The van der Waals surface area contributed by atoms with Gasteiger partial charge < -0.3 is 4.98 Å². The van der Waals surface area contributed by atoms with Crippen LogP contribution >= 0.6 is 12.2 Å². The van der Waals surface area contributed by atoms with Crippen molar-refractivity contribution in [2.24, 2.45) is 0 Å². The second-order valence-corrected chi connectivity index (χ2v) is 3.73. The van der Waals surface area contributed by atoms with Gasteiger partial charge in [-0.1, -0.05) is 43.4 Å². The van der Waals surface area contributed by atoms with Crippen LogP contribution in [0.2, 0.25) is 0 Å². The van der Waals surface area contributed by atoms with Crippen LogP contribution in [0.3, 0.4) is 0 Å². The minimum Gasteiger partial charge on any atom is -0.350 e. The average molecular weight is 216 g/mol. The molecule has 0 atom stereocenters. The number of aryl methyl sites for hydroxylation is 1. The number of nitrogens with zero attached hydrogens (tertiary/aromatic N) is 1. The molecule has 0 radical (unpaired) electrons. The Morgan fingerprint density at radius 3 is 2.60 bits per heavy atom. The predicted octanol–water partition coefficient (Wildman–Crippen LogP) is 3.37. The fraction of sp³-hybridized carbons (Fsp3) is 0.167. The van der Waals surface area contributed by atoms with Gasteiger partial charge in [0, 0.05) is 18.0 Å². The van der Waals surface area contributed by atoms with Crippen molar-refractivity contribution in [1.29, 1.82) is 0 Å². The lowest BCUT2D eigenvalue weighted by atomic mass is 10.1. The molecule has 1 N–H and O–H groups in total. The highest BCUT2D eigenvalue weighted by Crippen LogP contribution is 2.17. The Kier molecular flexibility index (Phi) is 2.92. The van der Waals surface area contributed by atoms with Gasteiger partial charge in [-0.3, -0.25) is 4.98 Å². The molecule has 0 aliphatic carbocycles. The molecule has 1 heterocycles. The van der Waals surface area contributed by atoms with Gasteiger partial charge in [-0.25, -0.2) is 0 Å². The molecule has 2 rings (SSSR count). The summed E-state index contributed by atoms with van der Waals surface area (Å²) in [6.07, 6.45) is 4.51. The maximum absolute atomic E-state index is 5.18. The second-order valence-electron chi connectivity index (χ2n) is 3.32. The molecule has 0 saturated heterocycles. The van der Waals surface area contributed by atoms with E-state index in [0.717, 1.165) is 17.7 Å². The molecule has 0 bridgehead atoms. The first kappa shape index (κ1) is 10.1. The molecule has 0 spiro atoms. The van der Waals surface area contributed by atoms with E-state index < -0.39 is 0 Å². The third-order valence-electron chi connectivity index (χ3n) is 2.34. The fourth-order valence-corrected chi connectivity index (χ4v) is 1.69. The Morgan fingerprint density at radius 2 is 2.00 bits per heavy atom. The summed E-state index contributed by atoms with van der Waals surface area (Å²) >= 11 is 5.18. The van der Waals surface area contributed by atoms with E-state index in [0.29, 0.717) is 4.64 Å². The zero-order chi connectivity index (χ0) is 10.7. The summed E-state index contributed by atoms with van der Waals surface area (Å²) in [7, 11) is 0. The molecule has 0 fully saturated rings. The number of aromatic amines is 1. The largest absolute Gasteiger partial charge is 0.350 e. The normalized spacial score (nSPS) is 10.2. The van der Waals surface area contributed by atoms with Gasteiger partial charge in [0.05, 0.1) is 0 Å². The average Bonchev–Trinajstić information content (AvgIpc) is 2.30. The lowest BCUT2D eigenvalue weighted by molar-refractivity contribution is 1.14. The van der Waals surface area contributed by atoms with Crippen molar-refractivity contribution in [3.05, 3.63) is 46.9 Å². The van der Waals surface area contributed by atoms with Crippen molar-refractivity contribution in [1.82, 2.24) is 9.97 Å². The van der Waals surface area contributed by atoms with E-state index in [1.807, 2.05) is 0 Å². The molecule has 3 heteroatoms. The molecule has 1 aromatic heterocycles. The highest BCUT2D eigenvalue weighted by molar-refractivity contribution is 7.71. The van der Waals surface area contributed by atoms with Crippen LogP contribution in [0, 0.1) is 4.64 Å². The maximum atomic E-state index is 5.18. The Hall–Kier alpha value is -1.48. The van der Waals surface area contributed by atoms with E-state index in [1.165, 1.54) is 5.56 Å². The Balaban J connectivity index is 2.46. The second kappa shape index (κ2) is 4.36. The van der Waals surface area contributed by atoms with E-state index in [-0.39, 0.29) is 0 Å². The van der Waals surface area contributed by atoms with Crippen LogP contribution in [0.5, 0.6) is 0 Å². The Bertz CT molecular complexity index is 500. The quantitative estimate of drug-likeness (QED) is 0.780. The Labute approximate surface area is 94.0 Å². The summed E-state index contributed by atoms with van der Waals surface area (Å²) in [6, 6.07) is 8.34. The molecule has 0 amide bonds. The lowest BCUT2D eigenvalue weighted by Gasteiger charge is -2.01. The van der Waals surface area contributed by atoms with Crippen LogP contribution in [-0.4, -0.2) is 9.97 Å². The standard InChI is InChI=1S/C12H12N2S/c1-2-9-3-5-10(6-4-9)11-12(15)14-8-7-13-11/h3-8H,2H2,1H3,(H,14,15). The van der Waals surface area contributed by atoms with Crippen molar-refractivity contribution < 1.29 is 0 Å². The van der Waals surface area contributed by atoms with Gasteiger partial charge in [0.1, 0.15) is 10.3 Å².